The SMILES string of the molecule is CC1(C)c2ccccc2-c2cc3c(-c4ccc5oc6ccccc6c5c4)cc4c5cc(-c6ccc7oc8ccccc8c7c6)c6cc7c(cc6c5oc4c3cc21)C(C)(C)c1ccccc1-7. The fourth-order valence-electron chi connectivity index (χ4n) is 12.2. The van der Waals surface area contributed by atoms with Crippen LogP contribution in [0.15, 0.2) is 183 Å². The first-order valence-electron chi connectivity index (χ1n) is 22.7. The Kier molecular flexibility index (Phi) is 6.57. The maximum Gasteiger partial charge on any atom is 0.143 e. The van der Waals surface area contributed by atoms with Crippen LogP contribution in [0.25, 0.3) is 132 Å². The van der Waals surface area contributed by atoms with Crippen LogP contribution >= 0.6 is 0 Å². The summed E-state index contributed by atoms with van der Waals surface area (Å²) in [4.78, 5) is 0. The third-order valence-electron chi connectivity index (χ3n) is 15.4. The molecule has 3 heteroatoms. The van der Waals surface area contributed by atoms with Gasteiger partial charge >= 0.3 is 0 Å². The monoisotopic (exact) mass is 832 g/mol. The van der Waals surface area contributed by atoms with Gasteiger partial charge in [0, 0.05) is 53.9 Å². The molecule has 65 heavy (non-hydrogen) atoms. The van der Waals surface area contributed by atoms with Crippen molar-refractivity contribution in [1.82, 2.24) is 0 Å². The number of rotatable bonds is 2. The van der Waals surface area contributed by atoms with Gasteiger partial charge in [0.15, 0.2) is 0 Å². The van der Waals surface area contributed by atoms with E-state index in [-0.39, 0.29) is 10.8 Å². The van der Waals surface area contributed by atoms with Gasteiger partial charge in [0.05, 0.1) is 0 Å². The highest BCUT2D eigenvalue weighted by Gasteiger charge is 2.38. The lowest BCUT2D eigenvalue weighted by Crippen LogP contribution is -2.14. The zero-order chi connectivity index (χ0) is 43.1. The quantitative estimate of drug-likeness (QED) is 0.174. The Morgan fingerprint density at radius 1 is 0.262 bits per heavy atom. The van der Waals surface area contributed by atoms with Gasteiger partial charge in [-0.3, -0.25) is 0 Å². The third kappa shape index (κ3) is 4.55. The Morgan fingerprint density at radius 2 is 0.646 bits per heavy atom. The topological polar surface area (TPSA) is 39.4 Å². The number of para-hydroxylation sites is 2. The van der Waals surface area contributed by atoms with Crippen molar-refractivity contribution in [2.45, 2.75) is 38.5 Å². The van der Waals surface area contributed by atoms with Crippen LogP contribution in [0.5, 0.6) is 0 Å². The second-order valence-electron chi connectivity index (χ2n) is 19.5. The van der Waals surface area contributed by atoms with E-state index in [9.17, 15) is 0 Å². The predicted octanol–water partition coefficient (Wildman–Crippen LogP) is 17.6. The second-order valence-corrected chi connectivity index (χ2v) is 19.5. The summed E-state index contributed by atoms with van der Waals surface area (Å²) in [6, 6.07) is 62.5. The van der Waals surface area contributed by atoms with Gasteiger partial charge in [-0.25, -0.2) is 0 Å². The lowest BCUT2D eigenvalue weighted by Gasteiger charge is -2.22. The molecular weight excluding hydrogens is 793 g/mol. The molecule has 0 aliphatic heterocycles. The lowest BCUT2D eigenvalue weighted by atomic mass is 9.81. The standard InChI is InChI=1S/C62H40O3/c1-61(2)51-17-9-5-13-35(51)43-29-41-39(33-21-23-57-45(25-33)37-15-7-11-19-55(37)63-57)27-47-48-28-40(34-22-24-58-46(26-34)38-16-8-12-20-56(38)64-58)42-30-44-36-14-6-10-18-52(36)62(3,4)54(44)32-50(42)60(48)65-59(47)49(41)31-53(43)61/h5-32H,1-4H3. The molecule has 0 fully saturated rings. The van der Waals surface area contributed by atoms with Gasteiger partial charge in [0.2, 0.25) is 0 Å². The first-order chi connectivity index (χ1) is 31.7. The minimum Gasteiger partial charge on any atom is -0.456 e. The largest absolute Gasteiger partial charge is 0.456 e. The fourth-order valence-corrected chi connectivity index (χ4v) is 12.2. The minimum atomic E-state index is -0.181. The van der Waals surface area contributed by atoms with E-state index in [0.29, 0.717) is 0 Å². The number of hydrogen-bond donors (Lipinski definition) is 0. The molecule has 0 amide bonds. The van der Waals surface area contributed by atoms with Gasteiger partial charge in [-0.05, 0) is 150 Å². The maximum atomic E-state index is 7.47. The summed E-state index contributed by atoms with van der Waals surface area (Å²) in [5, 5.41) is 11.3. The van der Waals surface area contributed by atoms with E-state index in [1.807, 2.05) is 12.1 Å². The zero-order valence-corrected chi connectivity index (χ0v) is 36.4. The Labute approximate surface area is 374 Å². The van der Waals surface area contributed by atoms with Crippen LogP contribution in [0.3, 0.4) is 0 Å². The Hall–Kier alpha value is -7.88. The number of fused-ring (bicyclic) bond motifs is 19. The predicted molar refractivity (Wildman–Crippen MR) is 269 cm³/mol. The summed E-state index contributed by atoms with van der Waals surface area (Å²) in [6.07, 6.45) is 0. The molecule has 2 aliphatic rings. The van der Waals surface area contributed by atoms with E-state index in [4.69, 9.17) is 13.3 Å². The van der Waals surface area contributed by atoms with Crippen LogP contribution in [-0.4, -0.2) is 0 Å². The van der Waals surface area contributed by atoms with Crippen molar-refractivity contribution in [2.75, 3.05) is 0 Å². The number of benzene rings is 10. The average molecular weight is 833 g/mol. The van der Waals surface area contributed by atoms with Crippen LogP contribution in [0.4, 0.5) is 0 Å². The molecule has 306 valence electrons. The Bertz CT molecular complexity index is 4020. The Morgan fingerprint density at radius 3 is 1.12 bits per heavy atom. The summed E-state index contributed by atoms with van der Waals surface area (Å²) >= 11 is 0. The van der Waals surface area contributed by atoms with E-state index in [1.165, 1.54) is 66.4 Å². The van der Waals surface area contributed by atoms with Crippen molar-refractivity contribution >= 4 is 87.4 Å². The van der Waals surface area contributed by atoms with Crippen molar-refractivity contribution in [3.8, 4) is 44.5 Å². The molecule has 13 aromatic rings. The van der Waals surface area contributed by atoms with Gasteiger partial charge in [0.25, 0.3) is 0 Å². The number of hydrogen-bond acceptors (Lipinski definition) is 3. The second kappa shape index (κ2) is 12.0. The minimum absolute atomic E-state index is 0.181. The van der Waals surface area contributed by atoms with Crippen molar-refractivity contribution in [3.63, 3.8) is 0 Å². The van der Waals surface area contributed by atoms with Crippen LogP contribution in [0, 0.1) is 0 Å². The molecule has 0 saturated heterocycles. The van der Waals surface area contributed by atoms with E-state index < -0.39 is 0 Å². The Balaban J connectivity index is 1.09. The molecule has 0 atom stereocenters. The molecule has 0 unspecified atom stereocenters. The van der Waals surface area contributed by atoms with E-state index in [0.717, 1.165) is 87.7 Å². The van der Waals surface area contributed by atoms with Gasteiger partial charge in [-0.2, -0.15) is 0 Å². The highest BCUT2D eigenvalue weighted by molar-refractivity contribution is 6.26. The summed E-state index contributed by atoms with van der Waals surface area (Å²) in [5.41, 5.74) is 20.2. The van der Waals surface area contributed by atoms with Crippen LogP contribution in [0.1, 0.15) is 49.9 Å². The normalized spacial score (nSPS) is 14.7. The van der Waals surface area contributed by atoms with Crippen LogP contribution in [-0.2, 0) is 10.8 Å². The molecule has 0 bridgehead atoms. The fraction of sp³-hybridized carbons (Fsp3) is 0.0968. The maximum absolute atomic E-state index is 7.47. The first-order valence-corrected chi connectivity index (χ1v) is 22.7. The van der Waals surface area contributed by atoms with Gasteiger partial charge in [-0.15, -0.1) is 0 Å². The molecule has 15 rings (SSSR count). The summed E-state index contributed by atoms with van der Waals surface area (Å²) in [7, 11) is 0. The van der Waals surface area contributed by atoms with E-state index >= 15 is 0 Å². The molecule has 0 spiro atoms. The molecule has 3 nitrogen and oxygen atoms in total. The summed E-state index contributed by atoms with van der Waals surface area (Å²) in [5.74, 6) is 0. The van der Waals surface area contributed by atoms with Crippen LogP contribution < -0.4 is 0 Å². The smallest absolute Gasteiger partial charge is 0.143 e. The van der Waals surface area contributed by atoms with Gasteiger partial charge in [-0.1, -0.05) is 125 Å². The van der Waals surface area contributed by atoms with E-state index in [2.05, 4.69) is 185 Å². The first kappa shape index (κ1) is 35.6. The third-order valence-corrected chi connectivity index (χ3v) is 15.4. The number of furan rings is 3. The molecule has 10 aromatic carbocycles. The molecular formula is C62H40O3. The van der Waals surface area contributed by atoms with Gasteiger partial charge in [0.1, 0.15) is 33.5 Å². The highest BCUT2D eigenvalue weighted by Crippen LogP contribution is 2.55. The van der Waals surface area contributed by atoms with E-state index in [1.54, 1.807) is 0 Å². The zero-order valence-electron chi connectivity index (χ0n) is 36.4. The van der Waals surface area contributed by atoms with Crippen molar-refractivity contribution < 1.29 is 13.3 Å². The molecule has 0 N–H and O–H groups in total. The molecule has 2 aliphatic carbocycles. The van der Waals surface area contributed by atoms with Gasteiger partial charge < -0.3 is 13.3 Å². The van der Waals surface area contributed by atoms with Crippen molar-refractivity contribution in [2.24, 2.45) is 0 Å². The molecule has 3 heterocycles. The molecule has 0 radical (unpaired) electrons. The molecule has 3 aromatic heterocycles. The van der Waals surface area contributed by atoms with Crippen molar-refractivity contribution in [3.05, 3.63) is 192 Å². The lowest BCUT2D eigenvalue weighted by molar-refractivity contribution is 0.659. The van der Waals surface area contributed by atoms with Crippen LogP contribution in [0.2, 0.25) is 0 Å². The molecule has 0 saturated carbocycles. The summed E-state index contributed by atoms with van der Waals surface area (Å²) in [6.45, 7) is 9.45. The van der Waals surface area contributed by atoms with Crippen molar-refractivity contribution in [1.29, 1.82) is 0 Å². The highest BCUT2D eigenvalue weighted by atomic mass is 16.3. The average Bonchev–Trinajstić information content (AvgIpc) is 4.11. The summed E-state index contributed by atoms with van der Waals surface area (Å²) < 4.78 is 20.2.